The topological polar surface area (TPSA) is 75.0 Å². The zero-order chi connectivity index (χ0) is 22.1. The Labute approximate surface area is 185 Å². The van der Waals surface area contributed by atoms with Gasteiger partial charge in [-0.2, -0.15) is 0 Å². The van der Waals surface area contributed by atoms with Crippen LogP contribution in [0.25, 0.3) is 5.65 Å². The summed E-state index contributed by atoms with van der Waals surface area (Å²) in [4.78, 5) is 21.5. The van der Waals surface area contributed by atoms with Gasteiger partial charge in [0.1, 0.15) is 23.8 Å². The van der Waals surface area contributed by atoms with Crippen LogP contribution in [0, 0.1) is 6.92 Å². The number of ether oxygens (including phenoxy) is 3. The summed E-state index contributed by atoms with van der Waals surface area (Å²) in [6, 6.07) is 13.4. The average Bonchev–Trinajstić information content (AvgIpc) is 3.65. The van der Waals surface area contributed by atoms with E-state index in [0.29, 0.717) is 41.3 Å². The van der Waals surface area contributed by atoms with Crippen LogP contribution in [0.15, 0.2) is 65.8 Å². The summed E-state index contributed by atoms with van der Waals surface area (Å²) in [5.41, 5.74) is 3.54. The molecule has 0 spiro atoms. The Kier molecular flexibility index (Phi) is 5.23. The highest BCUT2D eigenvalue weighted by Crippen LogP contribution is 2.38. The second-order valence-corrected chi connectivity index (χ2v) is 7.94. The van der Waals surface area contributed by atoms with Crippen molar-refractivity contribution < 1.29 is 14.2 Å². The van der Waals surface area contributed by atoms with Gasteiger partial charge in [0.15, 0.2) is 5.75 Å². The third-order valence-corrected chi connectivity index (χ3v) is 5.46. The molecule has 5 rings (SSSR count). The third-order valence-electron chi connectivity index (χ3n) is 5.46. The van der Waals surface area contributed by atoms with Gasteiger partial charge in [0, 0.05) is 17.8 Å². The van der Waals surface area contributed by atoms with Crippen LogP contribution in [0.4, 0.5) is 0 Å². The first-order chi connectivity index (χ1) is 15.6. The largest absolute Gasteiger partial charge is 0.491 e. The monoisotopic (exact) mass is 429 g/mol. The SMILES string of the molecule is COc1cc(Oc2ccc3ncc(C4CC4)c(=O)n3c2)cnc1OCc1ccc(C)cc1. The summed E-state index contributed by atoms with van der Waals surface area (Å²) in [6.07, 6.45) is 7.01. The first kappa shape index (κ1) is 20.1. The number of hydrogen-bond donors (Lipinski definition) is 0. The number of aryl methyl sites for hydroxylation is 1. The fraction of sp³-hybridized carbons (Fsp3) is 0.240. The maximum atomic E-state index is 12.8. The molecule has 0 bridgehead atoms. The molecule has 0 radical (unpaired) electrons. The second kappa shape index (κ2) is 8.34. The molecule has 3 aromatic heterocycles. The Morgan fingerprint density at radius 1 is 1.03 bits per heavy atom. The van der Waals surface area contributed by atoms with Gasteiger partial charge < -0.3 is 14.2 Å². The minimum atomic E-state index is -0.0430. The van der Waals surface area contributed by atoms with Gasteiger partial charge in [-0.1, -0.05) is 29.8 Å². The summed E-state index contributed by atoms with van der Waals surface area (Å²) >= 11 is 0. The highest BCUT2D eigenvalue weighted by atomic mass is 16.5. The van der Waals surface area contributed by atoms with Crippen molar-refractivity contribution in [3.8, 4) is 23.1 Å². The lowest BCUT2D eigenvalue weighted by molar-refractivity contribution is 0.271. The van der Waals surface area contributed by atoms with Crippen molar-refractivity contribution in [1.82, 2.24) is 14.4 Å². The van der Waals surface area contributed by atoms with Crippen molar-refractivity contribution in [3.63, 3.8) is 0 Å². The summed E-state index contributed by atoms with van der Waals surface area (Å²) in [6.45, 7) is 2.43. The number of benzene rings is 1. The molecule has 7 heteroatoms. The first-order valence-corrected chi connectivity index (χ1v) is 10.5. The van der Waals surface area contributed by atoms with E-state index in [1.165, 1.54) is 9.96 Å². The minimum Gasteiger partial charge on any atom is -0.491 e. The predicted octanol–water partition coefficient (Wildman–Crippen LogP) is 4.66. The smallest absolute Gasteiger partial charge is 0.261 e. The van der Waals surface area contributed by atoms with Crippen molar-refractivity contribution >= 4 is 5.65 Å². The molecule has 3 heterocycles. The zero-order valence-corrected chi connectivity index (χ0v) is 17.9. The van der Waals surface area contributed by atoms with Crippen LogP contribution in [0.1, 0.15) is 35.4 Å². The molecule has 1 aliphatic rings. The number of methoxy groups -OCH3 is 1. The highest BCUT2D eigenvalue weighted by molar-refractivity contribution is 5.45. The maximum Gasteiger partial charge on any atom is 0.261 e. The lowest BCUT2D eigenvalue weighted by atomic mass is 10.2. The molecule has 0 saturated heterocycles. The normalized spacial score (nSPS) is 13.2. The molecule has 0 amide bonds. The van der Waals surface area contributed by atoms with Crippen LogP contribution < -0.4 is 19.8 Å². The van der Waals surface area contributed by atoms with Crippen molar-refractivity contribution in [3.05, 3.63) is 88.1 Å². The van der Waals surface area contributed by atoms with E-state index >= 15 is 0 Å². The van der Waals surface area contributed by atoms with Gasteiger partial charge in [-0.25, -0.2) is 9.97 Å². The van der Waals surface area contributed by atoms with E-state index in [1.807, 2.05) is 31.2 Å². The van der Waals surface area contributed by atoms with E-state index < -0.39 is 0 Å². The molecule has 1 aromatic carbocycles. The third kappa shape index (κ3) is 4.14. The number of rotatable bonds is 7. The Bertz CT molecular complexity index is 1330. The lowest BCUT2D eigenvalue weighted by Crippen LogP contribution is -2.18. The van der Waals surface area contributed by atoms with Gasteiger partial charge in [-0.15, -0.1) is 0 Å². The summed E-state index contributed by atoms with van der Waals surface area (Å²) in [5.74, 6) is 2.16. The van der Waals surface area contributed by atoms with Crippen molar-refractivity contribution in [2.45, 2.75) is 32.3 Å². The number of hydrogen-bond acceptors (Lipinski definition) is 6. The van der Waals surface area contributed by atoms with Gasteiger partial charge in [0.2, 0.25) is 0 Å². The number of aromatic nitrogens is 3. The lowest BCUT2D eigenvalue weighted by Gasteiger charge is -2.12. The molecular weight excluding hydrogens is 406 g/mol. The van der Waals surface area contributed by atoms with Crippen LogP contribution in [0.3, 0.4) is 0 Å². The van der Waals surface area contributed by atoms with Gasteiger partial charge >= 0.3 is 0 Å². The van der Waals surface area contributed by atoms with E-state index in [-0.39, 0.29) is 5.56 Å². The van der Waals surface area contributed by atoms with Crippen molar-refractivity contribution in [1.29, 1.82) is 0 Å². The van der Waals surface area contributed by atoms with E-state index in [0.717, 1.165) is 24.0 Å². The molecule has 1 fully saturated rings. The Morgan fingerprint density at radius 3 is 2.59 bits per heavy atom. The average molecular weight is 429 g/mol. The van der Waals surface area contributed by atoms with E-state index in [4.69, 9.17) is 14.2 Å². The molecule has 32 heavy (non-hydrogen) atoms. The number of fused-ring (bicyclic) bond motifs is 1. The molecule has 7 nitrogen and oxygen atoms in total. The van der Waals surface area contributed by atoms with E-state index in [9.17, 15) is 4.79 Å². The van der Waals surface area contributed by atoms with Crippen LogP contribution in [0.5, 0.6) is 23.1 Å². The summed E-state index contributed by atoms with van der Waals surface area (Å²) in [7, 11) is 1.56. The molecule has 0 N–H and O–H groups in total. The maximum absolute atomic E-state index is 12.8. The number of pyridine rings is 2. The minimum absolute atomic E-state index is 0.0430. The van der Waals surface area contributed by atoms with Gasteiger partial charge in [-0.05, 0) is 43.4 Å². The fourth-order valence-corrected chi connectivity index (χ4v) is 3.50. The predicted molar refractivity (Wildman–Crippen MR) is 120 cm³/mol. The summed E-state index contributed by atoms with van der Waals surface area (Å²) in [5, 5.41) is 0. The van der Waals surface area contributed by atoms with Crippen LogP contribution >= 0.6 is 0 Å². The van der Waals surface area contributed by atoms with E-state index in [1.54, 1.807) is 43.9 Å². The molecule has 0 unspecified atom stereocenters. The molecule has 0 atom stereocenters. The van der Waals surface area contributed by atoms with Crippen molar-refractivity contribution in [2.24, 2.45) is 0 Å². The molecule has 1 saturated carbocycles. The quantitative estimate of drug-likeness (QED) is 0.426. The molecule has 1 aliphatic carbocycles. The Morgan fingerprint density at radius 2 is 1.84 bits per heavy atom. The standard InChI is InChI=1S/C25H23N3O4/c1-16-3-5-17(6-4-16)15-31-24-22(30-2)11-20(12-27-24)32-19-9-10-23-26-13-21(18-7-8-18)25(29)28(23)14-19/h3-6,9-14,18H,7-8,15H2,1-2H3. The zero-order valence-electron chi connectivity index (χ0n) is 17.9. The molecule has 162 valence electrons. The second-order valence-electron chi connectivity index (χ2n) is 7.94. The first-order valence-electron chi connectivity index (χ1n) is 10.5. The number of nitrogens with zero attached hydrogens (tertiary/aromatic N) is 3. The van der Waals surface area contributed by atoms with Gasteiger partial charge in [-0.3, -0.25) is 9.20 Å². The molecule has 0 aliphatic heterocycles. The van der Waals surface area contributed by atoms with Crippen LogP contribution in [-0.2, 0) is 6.61 Å². The Balaban J connectivity index is 1.35. The summed E-state index contributed by atoms with van der Waals surface area (Å²) < 4.78 is 18.7. The van der Waals surface area contributed by atoms with Crippen molar-refractivity contribution in [2.75, 3.05) is 7.11 Å². The van der Waals surface area contributed by atoms with E-state index in [2.05, 4.69) is 9.97 Å². The van der Waals surface area contributed by atoms with Gasteiger partial charge in [0.25, 0.3) is 11.4 Å². The Hall–Kier alpha value is -3.87. The van der Waals surface area contributed by atoms with Crippen LogP contribution in [0.2, 0.25) is 0 Å². The van der Waals surface area contributed by atoms with Crippen LogP contribution in [-0.4, -0.2) is 21.5 Å². The highest BCUT2D eigenvalue weighted by Gasteiger charge is 2.27. The fourth-order valence-electron chi connectivity index (χ4n) is 3.50. The molecular formula is C25H23N3O4. The molecule has 4 aromatic rings. The van der Waals surface area contributed by atoms with Gasteiger partial charge in [0.05, 0.1) is 19.5 Å².